The van der Waals surface area contributed by atoms with Gasteiger partial charge >= 0.3 is 26.6 Å². The van der Waals surface area contributed by atoms with Gasteiger partial charge < -0.3 is 6.87 Å². The zero-order chi connectivity index (χ0) is 17.8. The van der Waals surface area contributed by atoms with Crippen molar-refractivity contribution in [2.45, 2.75) is 55.9 Å². The molecule has 0 N–H and O–H groups in total. The number of allylic oxidation sites excluding steroid dienone is 1. The van der Waals surface area contributed by atoms with E-state index < -0.39 is 36.9 Å². The van der Waals surface area contributed by atoms with Gasteiger partial charge in [-0.2, -0.15) is 13.2 Å². The number of alkyl halides is 3. The molecule has 1 unspecified atom stereocenters. The summed E-state index contributed by atoms with van der Waals surface area (Å²) in [6, 6.07) is 6.04. The molecule has 1 heterocycles. The van der Waals surface area contributed by atoms with Gasteiger partial charge in [0.25, 0.3) is 0 Å². The first-order valence-corrected chi connectivity index (χ1v) is 12.0. The first kappa shape index (κ1) is 20.0. The average Bonchev–Trinajstić information content (AvgIpc) is 2.81. The molecule has 1 aromatic rings. The number of fused-ring (bicyclic) bond motifs is 1. The van der Waals surface area contributed by atoms with Gasteiger partial charge in [0.1, 0.15) is 10.3 Å². The molecule has 0 saturated carbocycles. The van der Waals surface area contributed by atoms with Crippen LogP contribution in [-0.4, -0.2) is 5.51 Å². The van der Waals surface area contributed by atoms with Gasteiger partial charge in [-0.05, 0) is 30.5 Å². The van der Waals surface area contributed by atoms with Crippen molar-refractivity contribution in [1.29, 1.82) is 0 Å². The fourth-order valence-electron chi connectivity index (χ4n) is 2.84. The topological polar surface area (TPSA) is 55.3 Å². The molecule has 1 aromatic carbocycles. The van der Waals surface area contributed by atoms with E-state index in [9.17, 15) is 20.0 Å². The summed E-state index contributed by atoms with van der Waals surface area (Å²) >= 11 is -4.54. The Bertz CT molecular complexity index is 592. The Hall–Kier alpha value is -0.290. The number of benzene rings is 1. The molecule has 0 radical (unpaired) electrons. The van der Waals surface area contributed by atoms with Crippen molar-refractivity contribution in [3.8, 4) is 0 Å². The summed E-state index contributed by atoms with van der Waals surface area (Å²) < 4.78 is 68.9. The van der Waals surface area contributed by atoms with E-state index in [1.165, 1.54) is 18.2 Å². The summed E-state index contributed by atoms with van der Waals surface area (Å²) in [6.45, 7) is 2.07. The zero-order valence-electron chi connectivity index (χ0n) is 13.3. The lowest BCUT2D eigenvalue weighted by molar-refractivity contribution is -1.62. The SMILES string of the molecule is CCCCCCCC1=Cc2ccccc2S1(O[I+2]([O-])[O-])C(F)(F)F. The van der Waals surface area contributed by atoms with Crippen LogP contribution in [0.5, 0.6) is 0 Å². The number of halogens is 4. The van der Waals surface area contributed by atoms with Crippen LogP contribution in [0.1, 0.15) is 51.0 Å². The Labute approximate surface area is 150 Å². The number of hydrogen-bond acceptors (Lipinski definition) is 3. The Morgan fingerprint density at radius 1 is 1.08 bits per heavy atom. The van der Waals surface area contributed by atoms with Crippen molar-refractivity contribution in [1.82, 2.24) is 0 Å². The van der Waals surface area contributed by atoms with Crippen molar-refractivity contribution in [3.63, 3.8) is 0 Å². The van der Waals surface area contributed by atoms with E-state index in [0.717, 1.165) is 25.7 Å². The van der Waals surface area contributed by atoms with Crippen molar-refractivity contribution in [2.24, 2.45) is 0 Å². The van der Waals surface area contributed by atoms with E-state index in [0.29, 0.717) is 12.0 Å². The van der Waals surface area contributed by atoms with Gasteiger partial charge in [-0.15, -0.1) is 0 Å². The van der Waals surface area contributed by atoms with Crippen molar-refractivity contribution in [3.05, 3.63) is 34.7 Å². The van der Waals surface area contributed by atoms with Crippen LogP contribution >= 0.6 is 10.3 Å². The van der Waals surface area contributed by atoms with Gasteiger partial charge in [0, 0.05) is 12.3 Å². The van der Waals surface area contributed by atoms with E-state index in [4.69, 9.17) is 2.51 Å². The smallest absolute Gasteiger partial charge is 0.395 e. The monoisotopic (exact) mass is 476 g/mol. The maximum atomic E-state index is 14.0. The standard InChI is InChI=1S/C16H20F3IO3S/c1-2-3-4-5-6-10-14-12-13-9-7-8-11-15(13)24(14,16(17,18)19)23-20(21)22/h7-9,11-12H,2-6,10H2,1H3. The van der Waals surface area contributed by atoms with Crippen LogP contribution in [0.4, 0.5) is 13.2 Å². The highest BCUT2D eigenvalue weighted by Crippen LogP contribution is 2.76. The van der Waals surface area contributed by atoms with Crippen LogP contribution in [0.15, 0.2) is 34.1 Å². The Balaban J connectivity index is 2.33. The molecule has 3 nitrogen and oxygen atoms in total. The molecule has 0 aromatic heterocycles. The van der Waals surface area contributed by atoms with E-state index in [1.54, 1.807) is 12.1 Å². The van der Waals surface area contributed by atoms with Crippen molar-refractivity contribution in [2.75, 3.05) is 0 Å². The molecule has 0 saturated heterocycles. The largest absolute Gasteiger partial charge is 0.520 e. The summed E-state index contributed by atoms with van der Waals surface area (Å²) in [4.78, 5) is 0.0248. The highest BCUT2D eigenvalue weighted by Gasteiger charge is 2.64. The molecule has 24 heavy (non-hydrogen) atoms. The Kier molecular flexibility index (Phi) is 7.00. The lowest BCUT2D eigenvalue weighted by atomic mass is 10.1. The Morgan fingerprint density at radius 3 is 2.38 bits per heavy atom. The summed E-state index contributed by atoms with van der Waals surface area (Å²) in [5.41, 5.74) is -4.34. The molecule has 0 aliphatic carbocycles. The minimum atomic E-state index is -4.75. The van der Waals surface area contributed by atoms with Gasteiger partial charge in [0.05, 0.1) is 0 Å². The van der Waals surface area contributed by atoms with E-state index >= 15 is 0 Å². The second kappa shape index (κ2) is 8.39. The fourth-order valence-corrected chi connectivity index (χ4v) is 8.70. The lowest BCUT2D eigenvalue weighted by Crippen LogP contribution is -3.98. The third kappa shape index (κ3) is 4.09. The first-order valence-electron chi connectivity index (χ1n) is 7.77. The minimum Gasteiger partial charge on any atom is -0.395 e. The zero-order valence-corrected chi connectivity index (χ0v) is 16.2. The molecule has 2 rings (SSSR count). The average molecular weight is 476 g/mol. The molecule has 0 bridgehead atoms. The molecule has 0 amide bonds. The third-order valence-corrected chi connectivity index (χ3v) is 9.41. The molecule has 8 heteroatoms. The van der Waals surface area contributed by atoms with Crippen LogP contribution in [0, 0.1) is 0 Å². The molecule has 1 aliphatic heterocycles. The normalized spacial score (nSPS) is 23.0. The maximum absolute atomic E-state index is 14.0. The molecule has 1 aliphatic rings. The van der Waals surface area contributed by atoms with Gasteiger partial charge in [-0.25, -0.2) is 0 Å². The molecule has 0 spiro atoms. The molecule has 136 valence electrons. The van der Waals surface area contributed by atoms with E-state index in [-0.39, 0.29) is 16.2 Å². The second-order valence-electron chi connectivity index (χ2n) is 5.57. The second-order valence-corrected chi connectivity index (χ2v) is 10.4. The summed E-state index contributed by atoms with van der Waals surface area (Å²) in [5.74, 6) is 0. The van der Waals surface area contributed by atoms with Gasteiger partial charge in [0.15, 0.2) is 0 Å². The minimum absolute atomic E-state index is 0.0462. The van der Waals surface area contributed by atoms with Crippen LogP contribution in [0.2, 0.25) is 0 Å². The highest BCUT2D eigenvalue weighted by molar-refractivity contribution is 8.34. The molecular formula is C16H20F3IO3S. The highest BCUT2D eigenvalue weighted by atomic mass is 127. The first-order chi connectivity index (χ1) is 11.3. The number of rotatable bonds is 8. The predicted octanol–water partition coefficient (Wildman–Crippen LogP) is 1.11. The Morgan fingerprint density at radius 2 is 1.75 bits per heavy atom. The summed E-state index contributed by atoms with van der Waals surface area (Å²) in [7, 11) is -3.96. The third-order valence-electron chi connectivity index (χ3n) is 3.91. The lowest BCUT2D eigenvalue weighted by Gasteiger charge is -2.33. The van der Waals surface area contributed by atoms with Gasteiger partial charge in [-0.3, -0.25) is 0 Å². The van der Waals surface area contributed by atoms with E-state index in [1.807, 2.05) is 0 Å². The van der Waals surface area contributed by atoms with Crippen molar-refractivity contribution < 1.29 is 43.6 Å². The van der Waals surface area contributed by atoms with Crippen LogP contribution in [0.25, 0.3) is 6.08 Å². The van der Waals surface area contributed by atoms with Crippen LogP contribution in [-0.2, 0) is 2.51 Å². The van der Waals surface area contributed by atoms with Gasteiger partial charge in [0.2, 0.25) is 0 Å². The van der Waals surface area contributed by atoms with Gasteiger partial charge in [-0.1, -0.05) is 50.8 Å². The fraction of sp³-hybridized carbons (Fsp3) is 0.500. The summed E-state index contributed by atoms with van der Waals surface area (Å²) in [6.07, 6.45) is 6.16. The maximum Gasteiger partial charge on any atom is 0.520 e. The van der Waals surface area contributed by atoms with E-state index in [2.05, 4.69) is 6.92 Å². The predicted molar refractivity (Wildman–Crippen MR) is 80.8 cm³/mol. The van der Waals surface area contributed by atoms with Crippen LogP contribution < -0.4 is 27.9 Å². The molecule has 0 fully saturated rings. The molecular weight excluding hydrogens is 456 g/mol. The number of hydrogen-bond donors (Lipinski definition) is 0. The summed E-state index contributed by atoms with van der Waals surface area (Å²) in [5, 5.41) is 0. The number of unbranched alkanes of at least 4 members (excludes halogenated alkanes) is 4. The van der Waals surface area contributed by atoms with Crippen LogP contribution in [0.3, 0.4) is 0 Å². The quantitative estimate of drug-likeness (QED) is 0.418. The van der Waals surface area contributed by atoms with Crippen molar-refractivity contribution >= 4 is 16.4 Å². The molecule has 1 atom stereocenters.